The number of ether oxygens (including phenoxy) is 1. The summed E-state index contributed by atoms with van der Waals surface area (Å²) in [6.45, 7) is 6.27. The molecular formula is C21H31IN4O2. The minimum absolute atomic E-state index is 0. The molecule has 1 heterocycles. The maximum Gasteiger partial charge on any atom is 0.250 e. The molecule has 0 radical (unpaired) electrons. The number of guanidine groups is 1. The van der Waals surface area contributed by atoms with Gasteiger partial charge in [0.15, 0.2) is 5.96 Å². The minimum Gasteiger partial charge on any atom is -0.489 e. The van der Waals surface area contributed by atoms with Gasteiger partial charge in [0.05, 0.1) is 6.54 Å². The molecule has 0 fully saturated rings. The Labute approximate surface area is 184 Å². The first-order chi connectivity index (χ1) is 13.1. The summed E-state index contributed by atoms with van der Waals surface area (Å²) in [7, 11) is 1.75. The van der Waals surface area contributed by atoms with Gasteiger partial charge in [0, 0.05) is 32.4 Å². The van der Waals surface area contributed by atoms with Crippen LogP contribution in [0.25, 0.3) is 0 Å². The highest BCUT2D eigenvalue weighted by atomic mass is 127. The number of aryl methyl sites for hydroxylation is 2. The monoisotopic (exact) mass is 498 g/mol. The Balaban J connectivity index is 0.00000392. The van der Waals surface area contributed by atoms with E-state index in [9.17, 15) is 4.79 Å². The minimum atomic E-state index is 0. The first kappa shape index (κ1) is 24.0. The zero-order chi connectivity index (χ0) is 19.5. The number of benzene rings is 1. The third kappa shape index (κ3) is 8.77. The van der Waals surface area contributed by atoms with E-state index in [1.165, 1.54) is 5.56 Å². The Hall–Kier alpha value is -2.03. The van der Waals surface area contributed by atoms with Crippen molar-refractivity contribution in [3.8, 4) is 5.75 Å². The van der Waals surface area contributed by atoms with Crippen LogP contribution in [0.2, 0.25) is 0 Å². The van der Waals surface area contributed by atoms with E-state index in [0.29, 0.717) is 6.54 Å². The van der Waals surface area contributed by atoms with E-state index < -0.39 is 0 Å². The number of halogens is 1. The summed E-state index contributed by atoms with van der Waals surface area (Å²) in [6, 6.07) is 13.3. The van der Waals surface area contributed by atoms with Gasteiger partial charge in [-0.25, -0.2) is 0 Å². The maximum atomic E-state index is 11.6. The smallest absolute Gasteiger partial charge is 0.250 e. The zero-order valence-corrected chi connectivity index (χ0v) is 19.2. The van der Waals surface area contributed by atoms with E-state index in [1.807, 2.05) is 37.4 Å². The van der Waals surface area contributed by atoms with Crippen molar-refractivity contribution in [1.82, 2.24) is 15.2 Å². The summed E-state index contributed by atoms with van der Waals surface area (Å²) >= 11 is 0. The van der Waals surface area contributed by atoms with E-state index in [-0.39, 0.29) is 35.6 Å². The first-order valence-electron chi connectivity index (χ1n) is 9.42. The van der Waals surface area contributed by atoms with Crippen LogP contribution in [0, 0.1) is 6.92 Å². The van der Waals surface area contributed by atoms with Gasteiger partial charge in [-0.05, 0) is 50.5 Å². The summed E-state index contributed by atoms with van der Waals surface area (Å²) in [4.78, 5) is 15.9. The number of aliphatic imine (C=N–C) groups is 1. The average molecular weight is 498 g/mol. The highest BCUT2D eigenvalue weighted by Gasteiger charge is 2.06. The largest absolute Gasteiger partial charge is 0.489 e. The molecule has 1 aromatic carbocycles. The topological polar surface area (TPSA) is 67.7 Å². The standard InChI is InChI=1S/C21H30N4O2.HI/c1-17-9-8-10-19(15-17)27-18(2)16-24-21(22-3)23-12-5-7-14-25-13-6-4-11-20(25)26;/h4,6,8-11,13,15,18H,5,7,12,14,16H2,1-3H3,(H2,22,23,24);1H. The van der Waals surface area contributed by atoms with Crippen LogP contribution in [-0.2, 0) is 6.54 Å². The molecule has 28 heavy (non-hydrogen) atoms. The Morgan fingerprint density at radius 1 is 1.18 bits per heavy atom. The van der Waals surface area contributed by atoms with Crippen molar-refractivity contribution in [2.45, 2.75) is 39.3 Å². The third-order valence-electron chi connectivity index (χ3n) is 4.12. The summed E-state index contributed by atoms with van der Waals surface area (Å²) in [5.74, 6) is 1.63. The number of pyridine rings is 1. The molecule has 0 aliphatic carbocycles. The summed E-state index contributed by atoms with van der Waals surface area (Å²) in [5, 5.41) is 6.58. The van der Waals surface area contributed by atoms with Gasteiger partial charge in [-0.1, -0.05) is 18.2 Å². The van der Waals surface area contributed by atoms with E-state index in [1.54, 1.807) is 23.7 Å². The second kappa shape index (κ2) is 13.2. The molecule has 6 nitrogen and oxygen atoms in total. The SMILES string of the molecule is CN=C(NCCCCn1ccccc1=O)NCC(C)Oc1cccc(C)c1.I. The van der Waals surface area contributed by atoms with Crippen LogP contribution in [0.3, 0.4) is 0 Å². The van der Waals surface area contributed by atoms with Gasteiger partial charge in [-0.3, -0.25) is 9.79 Å². The zero-order valence-electron chi connectivity index (χ0n) is 16.9. The molecule has 0 amide bonds. The van der Waals surface area contributed by atoms with Crippen LogP contribution in [0.4, 0.5) is 0 Å². The molecular weight excluding hydrogens is 467 g/mol. The lowest BCUT2D eigenvalue weighted by Crippen LogP contribution is -2.42. The fraction of sp³-hybridized carbons (Fsp3) is 0.429. The molecule has 0 spiro atoms. The van der Waals surface area contributed by atoms with Crippen LogP contribution >= 0.6 is 24.0 Å². The van der Waals surface area contributed by atoms with Gasteiger partial charge in [0.1, 0.15) is 11.9 Å². The van der Waals surface area contributed by atoms with E-state index >= 15 is 0 Å². The van der Waals surface area contributed by atoms with Crippen molar-refractivity contribution < 1.29 is 4.74 Å². The van der Waals surface area contributed by atoms with Crippen LogP contribution in [0.1, 0.15) is 25.3 Å². The van der Waals surface area contributed by atoms with Crippen molar-refractivity contribution in [2.24, 2.45) is 4.99 Å². The van der Waals surface area contributed by atoms with Gasteiger partial charge >= 0.3 is 0 Å². The van der Waals surface area contributed by atoms with E-state index in [0.717, 1.165) is 37.6 Å². The molecule has 0 aliphatic rings. The molecule has 2 aromatic rings. The van der Waals surface area contributed by atoms with Gasteiger partial charge < -0.3 is 19.9 Å². The molecule has 1 atom stereocenters. The number of nitrogens with zero attached hydrogens (tertiary/aromatic N) is 2. The molecule has 0 aliphatic heterocycles. The number of aromatic nitrogens is 1. The molecule has 0 saturated heterocycles. The van der Waals surface area contributed by atoms with Crippen molar-refractivity contribution in [2.75, 3.05) is 20.1 Å². The van der Waals surface area contributed by atoms with E-state index in [2.05, 4.69) is 28.6 Å². The number of hydrogen-bond donors (Lipinski definition) is 2. The number of unbranched alkanes of at least 4 members (excludes halogenated alkanes) is 1. The van der Waals surface area contributed by atoms with Gasteiger partial charge in [0.25, 0.3) is 0 Å². The second-order valence-electron chi connectivity index (χ2n) is 6.56. The first-order valence-corrected chi connectivity index (χ1v) is 9.42. The summed E-state index contributed by atoms with van der Waals surface area (Å²) in [5.41, 5.74) is 1.23. The molecule has 1 unspecified atom stereocenters. The molecule has 2 N–H and O–H groups in total. The van der Waals surface area contributed by atoms with Crippen molar-refractivity contribution in [1.29, 1.82) is 0 Å². The molecule has 0 saturated carbocycles. The highest BCUT2D eigenvalue weighted by molar-refractivity contribution is 14.0. The molecule has 1 aromatic heterocycles. The molecule has 154 valence electrons. The lowest BCUT2D eigenvalue weighted by Gasteiger charge is -2.18. The molecule has 2 rings (SSSR count). The van der Waals surface area contributed by atoms with E-state index in [4.69, 9.17) is 4.74 Å². The van der Waals surface area contributed by atoms with Gasteiger partial charge in [-0.15, -0.1) is 24.0 Å². The fourth-order valence-electron chi connectivity index (χ4n) is 2.68. The highest BCUT2D eigenvalue weighted by Crippen LogP contribution is 2.13. The van der Waals surface area contributed by atoms with Crippen molar-refractivity contribution >= 4 is 29.9 Å². The normalized spacial score (nSPS) is 12.0. The fourth-order valence-corrected chi connectivity index (χ4v) is 2.68. The van der Waals surface area contributed by atoms with Crippen LogP contribution in [-0.4, -0.2) is 36.8 Å². The van der Waals surface area contributed by atoms with Crippen LogP contribution in [0.5, 0.6) is 5.75 Å². The predicted molar refractivity (Wildman–Crippen MR) is 126 cm³/mol. The van der Waals surface area contributed by atoms with Crippen LogP contribution in [0.15, 0.2) is 58.4 Å². The summed E-state index contributed by atoms with van der Waals surface area (Å²) in [6.07, 6.45) is 3.74. The third-order valence-corrected chi connectivity index (χ3v) is 4.12. The van der Waals surface area contributed by atoms with Crippen molar-refractivity contribution in [3.63, 3.8) is 0 Å². The number of rotatable bonds is 9. The Bertz CT molecular complexity index is 792. The molecule has 0 bridgehead atoms. The Kier molecular flexibility index (Phi) is 11.3. The van der Waals surface area contributed by atoms with Gasteiger partial charge in [0.2, 0.25) is 5.56 Å². The number of hydrogen-bond acceptors (Lipinski definition) is 3. The number of nitrogens with one attached hydrogen (secondary N) is 2. The lowest BCUT2D eigenvalue weighted by molar-refractivity contribution is 0.223. The Morgan fingerprint density at radius 2 is 2.00 bits per heavy atom. The Morgan fingerprint density at radius 3 is 2.71 bits per heavy atom. The van der Waals surface area contributed by atoms with Gasteiger partial charge in [-0.2, -0.15) is 0 Å². The average Bonchev–Trinajstić information content (AvgIpc) is 2.65. The van der Waals surface area contributed by atoms with Crippen LogP contribution < -0.4 is 20.9 Å². The molecule has 7 heteroatoms. The lowest BCUT2D eigenvalue weighted by atomic mass is 10.2. The maximum absolute atomic E-state index is 11.6. The quantitative estimate of drug-likeness (QED) is 0.241. The summed E-state index contributed by atoms with van der Waals surface area (Å²) < 4.78 is 7.65. The second-order valence-corrected chi connectivity index (χ2v) is 6.56. The van der Waals surface area contributed by atoms with Crippen molar-refractivity contribution in [3.05, 3.63) is 64.6 Å². The predicted octanol–water partition coefficient (Wildman–Crippen LogP) is 3.19.